The predicted molar refractivity (Wildman–Crippen MR) is 116 cm³/mol. The fraction of sp³-hybridized carbons (Fsp3) is 0.435. The molecule has 9 heteroatoms. The number of amides is 1. The second kappa shape index (κ2) is 10.4. The second-order valence-electron chi connectivity index (χ2n) is 7.66. The number of nitrogens with one attached hydrogen (secondary N) is 1. The van der Waals surface area contributed by atoms with Gasteiger partial charge in [-0.3, -0.25) is 9.69 Å². The van der Waals surface area contributed by atoms with E-state index in [1.165, 1.54) is 0 Å². The molecule has 9 nitrogen and oxygen atoms in total. The number of furan rings is 1. The van der Waals surface area contributed by atoms with Crippen LogP contribution in [0, 0.1) is 6.92 Å². The number of carbonyl (C=O) groups is 1. The summed E-state index contributed by atoms with van der Waals surface area (Å²) < 4.78 is 21.8. The number of rotatable bonds is 9. The third kappa shape index (κ3) is 5.54. The zero-order chi connectivity index (χ0) is 22.3. The van der Waals surface area contributed by atoms with E-state index in [0.29, 0.717) is 37.9 Å². The molecule has 0 saturated carbocycles. The van der Waals surface area contributed by atoms with Crippen LogP contribution in [0.15, 0.2) is 45.3 Å². The van der Waals surface area contributed by atoms with Crippen molar-refractivity contribution in [3.05, 3.63) is 53.8 Å². The van der Waals surface area contributed by atoms with Gasteiger partial charge in [0.1, 0.15) is 17.3 Å². The molecule has 0 spiro atoms. The van der Waals surface area contributed by atoms with E-state index < -0.39 is 0 Å². The molecular formula is C23H28N4O5. The van der Waals surface area contributed by atoms with Gasteiger partial charge >= 0.3 is 0 Å². The number of morpholine rings is 1. The molecule has 1 unspecified atom stereocenters. The first-order valence-corrected chi connectivity index (χ1v) is 10.7. The number of benzene rings is 1. The first-order valence-electron chi connectivity index (χ1n) is 10.7. The van der Waals surface area contributed by atoms with Crippen molar-refractivity contribution in [2.45, 2.75) is 25.8 Å². The lowest BCUT2D eigenvalue weighted by Crippen LogP contribution is -2.43. The van der Waals surface area contributed by atoms with Crippen LogP contribution < -0.4 is 10.1 Å². The number of aromatic nitrogens is 2. The highest BCUT2D eigenvalue weighted by atomic mass is 16.5. The van der Waals surface area contributed by atoms with Gasteiger partial charge in [0, 0.05) is 38.0 Å². The number of hydrogen-bond donors (Lipinski definition) is 1. The summed E-state index contributed by atoms with van der Waals surface area (Å²) in [4.78, 5) is 19.2. The Morgan fingerprint density at radius 3 is 2.66 bits per heavy atom. The highest BCUT2D eigenvalue weighted by molar-refractivity contribution is 5.76. The van der Waals surface area contributed by atoms with Crippen molar-refractivity contribution in [2.24, 2.45) is 0 Å². The molecule has 170 valence electrons. The van der Waals surface area contributed by atoms with Gasteiger partial charge < -0.3 is 23.7 Å². The number of methoxy groups -OCH3 is 1. The van der Waals surface area contributed by atoms with Gasteiger partial charge in [-0.05, 0) is 43.3 Å². The lowest BCUT2D eigenvalue weighted by molar-refractivity contribution is -0.121. The predicted octanol–water partition coefficient (Wildman–Crippen LogP) is 2.77. The van der Waals surface area contributed by atoms with Gasteiger partial charge in [0.2, 0.25) is 17.6 Å². The zero-order valence-corrected chi connectivity index (χ0v) is 18.4. The molecule has 1 aromatic carbocycles. The Balaban J connectivity index is 1.30. The van der Waals surface area contributed by atoms with Crippen molar-refractivity contribution in [2.75, 3.05) is 40.0 Å². The maximum atomic E-state index is 12.5. The Hall–Kier alpha value is -3.17. The summed E-state index contributed by atoms with van der Waals surface area (Å²) >= 11 is 0. The van der Waals surface area contributed by atoms with Crippen LogP contribution in [-0.2, 0) is 16.0 Å². The van der Waals surface area contributed by atoms with Crippen LogP contribution in [0.2, 0.25) is 0 Å². The summed E-state index contributed by atoms with van der Waals surface area (Å²) in [5, 5.41) is 7.03. The molecular weight excluding hydrogens is 412 g/mol. The Labute approximate surface area is 186 Å². The first-order chi connectivity index (χ1) is 15.6. The van der Waals surface area contributed by atoms with Crippen molar-refractivity contribution >= 4 is 5.91 Å². The first kappa shape index (κ1) is 22.0. The quantitative estimate of drug-likeness (QED) is 0.542. The van der Waals surface area contributed by atoms with Gasteiger partial charge in [0.15, 0.2) is 0 Å². The normalized spacial score (nSPS) is 15.4. The van der Waals surface area contributed by atoms with Gasteiger partial charge in [-0.25, -0.2) is 0 Å². The van der Waals surface area contributed by atoms with Crippen molar-refractivity contribution in [1.82, 2.24) is 20.4 Å². The molecule has 32 heavy (non-hydrogen) atoms. The molecule has 3 aromatic rings. The SMILES string of the molecule is COc1ccc(-c2noc(CCC(=O)NCC(c3ccc(C)o3)N3CCOCC3)n2)cc1. The van der Waals surface area contributed by atoms with Gasteiger partial charge in [-0.1, -0.05) is 5.16 Å². The summed E-state index contributed by atoms with van der Waals surface area (Å²) in [7, 11) is 1.62. The molecule has 1 atom stereocenters. The highest BCUT2D eigenvalue weighted by Crippen LogP contribution is 2.23. The third-order valence-corrected chi connectivity index (χ3v) is 5.45. The minimum absolute atomic E-state index is 0.0263. The summed E-state index contributed by atoms with van der Waals surface area (Å²) in [5.74, 6) is 3.31. The van der Waals surface area contributed by atoms with Crippen molar-refractivity contribution in [3.8, 4) is 17.1 Å². The second-order valence-corrected chi connectivity index (χ2v) is 7.66. The van der Waals surface area contributed by atoms with E-state index in [-0.39, 0.29) is 18.4 Å². The number of ether oxygens (including phenoxy) is 2. The zero-order valence-electron chi connectivity index (χ0n) is 18.4. The van der Waals surface area contributed by atoms with Gasteiger partial charge in [0.25, 0.3) is 0 Å². The molecule has 0 bridgehead atoms. The Kier molecular flexibility index (Phi) is 7.18. The van der Waals surface area contributed by atoms with Crippen molar-refractivity contribution < 1.29 is 23.2 Å². The van der Waals surface area contributed by atoms with Crippen LogP contribution in [0.1, 0.15) is 29.9 Å². The van der Waals surface area contributed by atoms with E-state index in [9.17, 15) is 4.79 Å². The Bertz CT molecular complexity index is 1010. The average molecular weight is 441 g/mol. The number of hydrogen-bond acceptors (Lipinski definition) is 8. The van der Waals surface area contributed by atoms with E-state index in [1.807, 2.05) is 43.3 Å². The van der Waals surface area contributed by atoms with Crippen molar-refractivity contribution in [3.63, 3.8) is 0 Å². The molecule has 0 aliphatic carbocycles. The Morgan fingerprint density at radius 1 is 1.19 bits per heavy atom. The molecule has 2 aromatic heterocycles. The van der Waals surface area contributed by atoms with E-state index in [4.69, 9.17) is 18.4 Å². The molecule has 3 heterocycles. The number of nitrogens with zero attached hydrogens (tertiary/aromatic N) is 3. The summed E-state index contributed by atoms with van der Waals surface area (Å²) in [5.41, 5.74) is 0.826. The number of carbonyl (C=O) groups excluding carboxylic acids is 1. The van der Waals surface area contributed by atoms with E-state index in [2.05, 4.69) is 20.4 Å². The van der Waals surface area contributed by atoms with Crippen LogP contribution >= 0.6 is 0 Å². The highest BCUT2D eigenvalue weighted by Gasteiger charge is 2.25. The molecule has 1 aliphatic rings. The minimum atomic E-state index is -0.0734. The number of aryl methyl sites for hydroxylation is 2. The van der Waals surface area contributed by atoms with Gasteiger partial charge in [-0.2, -0.15) is 4.98 Å². The summed E-state index contributed by atoms with van der Waals surface area (Å²) in [6.45, 7) is 5.35. The monoisotopic (exact) mass is 440 g/mol. The van der Waals surface area contributed by atoms with Crippen LogP contribution in [0.3, 0.4) is 0 Å². The maximum absolute atomic E-state index is 12.5. The topological polar surface area (TPSA) is 103 Å². The minimum Gasteiger partial charge on any atom is -0.497 e. The molecule has 1 saturated heterocycles. The molecule has 1 amide bonds. The van der Waals surface area contributed by atoms with Crippen molar-refractivity contribution in [1.29, 1.82) is 0 Å². The standard InChI is InChI=1S/C23H28N4O5/c1-16-3-8-20(31-16)19(27-11-13-30-14-12-27)15-24-21(28)9-10-22-25-23(26-32-22)17-4-6-18(29-2)7-5-17/h3-8,19H,9-15H2,1-2H3,(H,24,28). The fourth-order valence-electron chi connectivity index (χ4n) is 3.66. The molecule has 4 rings (SSSR count). The summed E-state index contributed by atoms with van der Waals surface area (Å²) in [6, 6.07) is 11.3. The molecule has 1 aliphatic heterocycles. The lowest BCUT2D eigenvalue weighted by atomic mass is 10.1. The van der Waals surface area contributed by atoms with Crippen LogP contribution in [0.25, 0.3) is 11.4 Å². The van der Waals surface area contributed by atoms with E-state index >= 15 is 0 Å². The van der Waals surface area contributed by atoms with Crippen LogP contribution in [0.4, 0.5) is 0 Å². The molecule has 1 N–H and O–H groups in total. The maximum Gasteiger partial charge on any atom is 0.227 e. The van der Waals surface area contributed by atoms with Gasteiger partial charge in [0.05, 0.1) is 26.4 Å². The Morgan fingerprint density at radius 2 is 1.97 bits per heavy atom. The van der Waals surface area contributed by atoms with Crippen LogP contribution in [0.5, 0.6) is 5.75 Å². The summed E-state index contributed by atoms with van der Waals surface area (Å²) in [6.07, 6.45) is 0.633. The molecule has 0 radical (unpaired) electrons. The lowest BCUT2D eigenvalue weighted by Gasteiger charge is -2.33. The largest absolute Gasteiger partial charge is 0.497 e. The molecule has 1 fully saturated rings. The van der Waals surface area contributed by atoms with Crippen LogP contribution in [-0.4, -0.2) is 60.9 Å². The van der Waals surface area contributed by atoms with E-state index in [0.717, 1.165) is 35.9 Å². The van der Waals surface area contributed by atoms with E-state index in [1.54, 1.807) is 7.11 Å². The third-order valence-electron chi connectivity index (χ3n) is 5.45. The smallest absolute Gasteiger partial charge is 0.227 e. The van der Waals surface area contributed by atoms with Gasteiger partial charge in [-0.15, -0.1) is 0 Å². The average Bonchev–Trinajstić information content (AvgIpc) is 3.48. The fourth-order valence-corrected chi connectivity index (χ4v) is 3.66.